The summed E-state index contributed by atoms with van der Waals surface area (Å²) in [5.74, 6) is 0. The lowest BCUT2D eigenvalue weighted by Gasteiger charge is -2.20. The third-order valence-electron chi connectivity index (χ3n) is 3.13. The number of nitrogens with zero attached hydrogens (tertiary/aromatic N) is 1. The highest BCUT2D eigenvalue weighted by atomic mass is 79.9. The molecule has 20 heavy (non-hydrogen) atoms. The van der Waals surface area contributed by atoms with Gasteiger partial charge < -0.3 is 9.74 Å². The molecule has 110 valence electrons. The second-order valence-corrected chi connectivity index (χ2v) is 7.16. The summed E-state index contributed by atoms with van der Waals surface area (Å²) in [6.07, 6.45) is 1.12. The molecule has 6 nitrogen and oxygen atoms in total. The van der Waals surface area contributed by atoms with Crippen molar-refractivity contribution in [2.45, 2.75) is 30.7 Å². The molecule has 1 unspecified atom stereocenters. The van der Waals surface area contributed by atoms with E-state index in [0.29, 0.717) is 11.0 Å². The minimum absolute atomic E-state index is 0.0224. The van der Waals surface area contributed by atoms with Crippen molar-refractivity contribution in [2.24, 2.45) is 0 Å². The average molecular weight is 363 g/mol. The van der Waals surface area contributed by atoms with Gasteiger partial charge in [-0.3, -0.25) is 0 Å². The summed E-state index contributed by atoms with van der Waals surface area (Å²) in [6.45, 7) is 2.48. The van der Waals surface area contributed by atoms with Crippen molar-refractivity contribution in [3.05, 3.63) is 28.7 Å². The van der Waals surface area contributed by atoms with Crippen molar-refractivity contribution >= 4 is 32.0 Å². The Morgan fingerprint density at radius 1 is 1.50 bits per heavy atom. The highest BCUT2D eigenvalue weighted by Crippen LogP contribution is 2.18. The molecule has 1 heterocycles. The molecule has 1 aliphatic rings. The van der Waals surface area contributed by atoms with Crippen molar-refractivity contribution in [2.75, 3.05) is 6.54 Å². The summed E-state index contributed by atoms with van der Waals surface area (Å²) in [4.78, 5) is 19.8. The summed E-state index contributed by atoms with van der Waals surface area (Å²) in [5.41, 5.74) is 0. The predicted octanol–water partition coefficient (Wildman–Crippen LogP) is 2.26. The number of sulfonamides is 1. The number of hydrogen-bond donors (Lipinski definition) is 1. The molecule has 0 aromatic heterocycles. The van der Waals surface area contributed by atoms with Crippen LogP contribution in [-0.4, -0.2) is 32.0 Å². The van der Waals surface area contributed by atoms with Crippen LogP contribution in [0.15, 0.2) is 33.6 Å². The second kappa shape index (κ2) is 6.11. The van der Waals surface area contributed by atoms with Crippen LogP contribution in [0.1, 0.15) is 19.8 Å². The van der Waals surface area contributed by atoms with Crippen LogP contribution in [0.2, 0.25) is 0 Å². The van der Waals surface area contributed by atoms with Crippen molar-refractivity contribution in [3.8, 4) is 0 Å². The van der Waals surface area contributed by atoms with Gasteiger partial charge >= 0.3 is 6.09 Å². The minimum Gasteiger partial charge on any atom is -0.338 e. The molecule has 0 aliphatic carbocycles. The summed E-state index contributed by atoms with van der Waals surface area (Å²) in [6, 6.07) is 6.20. The number of halogens is 1. The quantitative estimate of drug-likeness (QED) is 0.836. The molecule has 1 amide bonds. The van der Waals surface area contributed by atoms with Crippen LogP contribution in [0.3, 0.4) is 0 Å². The molecule has 1 aromatic rings. The Hall–Kier alpha value is -1.12. The van der Waals surface area contributed by atoms with Gasteiger partial charge in [0.25, 0.3) is 10.0 Å². The van der Waals surface area contributed by atoms with E-state index in [2.05, 4.69) is 20.8 Å². The Labute approximate surface area is 126 Å². The Balaban J connectivity index is 2.01. The van der Waals surface area contributed by atoms with Crippen molar-refractivity contribution in [1.82, 2.24) is 9.79 Å². The van der Waals surface area contributed by atoms with Crippen LogP contribution in [0.4, 0.5) is 4.79 Å². The van der Waals surface area contributed by atoms with Crippen LogP contribution < -0.4 is 4.89 Å². The Morgan fingerprint density at radius 2 is 2.25 bits per heavy atom. The Bertz CT molecular complexity index is 605. The fourth-order valence-electron chi connectivity index (χ4n) is 2.04. The topological polar surface area (TPSA) is 75.7 Å². The van der Waals surface area contributed by atoms with E-state index in [-0.39, 0.29) is 10.9 Å². The van der Waals surface area contributed by atoms with Gasteiger partial charge in [0.1, 0.15) is 0 Å². The molecule has 1 atom stereocenters. The van der Waals surface area contributed by atoms with Crippen molar-refractivity contribution < 1.29 is 18.0 Å². The zero-order valence-corrected chi connectivity index (χ0v) is 13.3. The number of likely N-dealkylation sites (tertiary alicyclic amines) is 1. The number of carbonyl (C=O) groups excluding carboxylic acids is 1. The number of nitrogens with one attached hydrogen (secondary N) is 1. The van der Waals surface area contributed by atoms with Gasteiger partial charge in [0, 0.05) is 17.1 Å². The highest BCUT2D eigenvalue weighted by molar-refractivity contribution is 9.10. The third-order valence-corrected chi connectivity index (χ3v) is 4.80. The Kier molecular flexibility index (Phi) is 4.66. The lowest BCUT2D eigenvalue weighted by molar-refractivity contribution is 0.0819. The van der Waals surface area contributed by atoms with E-state index in [9.17, 15) is 13.2 Å². The van der Waals surface area contributed by atoms with Crippen LogP contribution in [-0.2, 0) is 14.9 Å². The van der Waals surface area contributed by atoms with Gasteiger partial charge in [-0.15, -0.1) is 0 Å². The van der Waals surface area contributed by atoms with E-state index in [1.165, 1.54) is 17.0 Å². The van der Waals surface area contributed by atoms with E-state index in [0.717, 1.165) is 12.8 Å². The Morgan fingerprint density at radius 3 is 2.85 bits per heavy atom. The number of amides is 1. The lowest BCUT2D eigenvalue weighted by atomic mass is 10.2. The summed E-state index contributed by atoms with van der Waals surface area (Å²) >= 11 is 3.19. The molecular weight excluding hydrogens is 348 g/mol. The van der Waals surface area contributed by atoms with Crippen LogP contribution in [0.5, 0.6) is 0 Å². The monoisotopic (exact) mass is 362 g/mol. The van der Waals surface area contributed by atoms with Crippen LogP contribution >= 0.6 is 15.9 Å². The first-order valence-corrected chi connectivity index (χ1v) is 8.42. The maximum Gasteiger partial charge on any atom is 0.429 e. The van der Waals surface area contributed by atoms with Gasteiger partial charge in [-0.1, -0.05) is 22.0 Å². The molecule has 1 N–H and O–H groups in total. The summed E-state index contributed by atoms with van der Waals surface area (Å²) in [5, 5.41) is 0. The standard InChI is InChI=1S/C12H15BrN2O4S/c1-9-4-3-7-15(9)12(16)19-14-20(17,18)11-6-2-5-10(13)8-11/h2,5-6,8-9,14H,3-4,7H2,1H3. The van der Waals surface area contributed by atoms with Crippen molar-refractivity contribution in [1.29, 1.82) is 0 Å². The molecule has 0 spiro atoms. The largest absolute Gasteiger partial charge is 0.429 e. The SMILES string of the molecule is CC1CCCN1C(=O)ONS(=O)(=O)c1cccc(Br)c1. The molecule has 1 aliphatic heterocycles. The number of carbonyl (C=O) groups is 1. The van der Waals surface area contributed by atoms with Gasteiger partial charge in [0.15, 0.2) is 0 Å². The first-order valence-electron chi connectivity index (χ1n) is 6.15. The molecule has 0 bridgehead atoms. The minimum atomic E-state index is -3.87. The normalized spacial score (nSPS) is 19.1. The smallest absolute Gasteiger partial charge is 0.338 e. The molecule has 8 heteroatoms. The zero-order chi connectivity index (χ0) is 14.8. The maximum absolute atomic E-state index is 12.0. The van der Waals surface area contributed by atoms with Gasteiger partial charge in [0.05, 0.1) is 4.90 Å². The molecule has 2 rings (SSSR count). The van der Waals surface area contributed by atoms with Gasteiger partial charge in [-0.05, 0) is 42.8 Å². The number of hydrogen-bond acceptors (Lipinski definition) is 4. The lowest BCUT2D eigenvalue weighted by Crippen LogP contribution is -2.39. The van der Waals surface area contributed by atoms with E-state index in [4.69, 9.17) is 0 Å². The second-order valence-electron chi connectivity index (χ2n) is 4.60. The maximum atomic E-state index is 12.0. The molecule has 1 aromatic carbocycles. The van der Waals surface area contributed by atoms with E-state index in [1.807, 2.05) is 11.8 Å². The third kappa shape index (κ3) is 3.50. The van der Waals surface area contributed by atoms with Gasteiger partial charge in [-0.25, -0.2) is 13.2 Å². The number of benzene rings is 1. The number of rotatable bonds is 3. The van der Waals surface area contributed by atoms with Crippen molar-refractivity contribution in [3.63, 3.8) is 0 Å². The fraction of sp³-hybridized carbons (Fsp3) is 0.417. The summed E-state index contributed by atoms with van der Waals surface area (Å²) < 4.78 is 24.5. The first-order chi connectivity index (χ1) is 9.40. The van der Waals surface area contributed by atoms with Crippen LogP contribution in [0.25, 0.3) is 0 Å². The molecule has 0 radical (unpaired) electrons. The van der Waals surface area contributed by atoms with E-state index < -0.39 is 16.1 Å². The predicted molar refractivity (Wildman–Crippen MR) is 76.3 cm³/mol. The van der Waals surface area contributed by atoms with E-state index in [1.54, 1.807) is 12.1 Å². The van der Waals surface area contributed by atoms with Crippen LogP contribution in [0, 0.1) is 0 Å². The summed E-state index contributed by atoms with van der Waals surface area (Å²) in [7, 11) is -3.87. The molecule has 0 saturated carbocycles. The zero-order valence-electron chi connectivity index (χ0n) is 10.9. The first kappa shape index (κ1) is 15.3. The van der Waals surface area contributed by atoms with E-state index >= 15 is 0 Å². The molecule has 1 saturated heterocycles. The molecular formula is C12H15BrN2O4S. The van der Waals surface area contributed by atoms with Gasteiger partial charge in [-0.2, -0.15) is 0 Å². The fourth-order valence-corrected chi connectivity index (χ4v) is 3.40. The average Bonchev–Trinajstić information content (AvgIpc) is 2.82. The highest BCUT2D eigenvalue weighted by Gasteiger charge is 2.28. The molecule has 1 fully saturated rings. The van der Waals surface area contributed by atoms with Gasteiger partial charge in [0.2, 0.25) is 0 Å².